The Hall–Kier alpha value is -0.570. The molecule has 0 amide bonds. The van der Waals surface area contributed by atoms with Crippen LogP contribution in [-0.4, -0.2) is 42.5 Å². The van der Waals surface area contributed by atoms with Crippen molar-refractivity contribution >= 4 is 5.84 Å². The highest BCUT2D eigenvalue weighted by atomic mass is 15.1. The first kappa shape index (κ1) is 14.4. The van der Waals surface area contributed by atoms with Gasteiger partial charge in [-0.3, -0.25) is 4.99 Å². The quantitative estimate of drug-likeness (QED) is 0.559. The third-order valence-electron chi connectivity index (χ3n) is 2.35. The van der Waals surface area contributed by atoms with Gasteiger partial charge in [0.25, 0.3) is 0 Å². The van der Waals surface area contributed by atoms with Gasteiger partial charge in [0.1, 0.15) is 0 Å². The van der Waals surface area contributed by atoms with Crippen LogP contribution in [0.2, 0.25) is 0 Å². The lowest BCUT2D eigenvalue weighted by molar-refractivity contribution is 0.262. The molecular formula is C12H27N3. The van der Waals surface area contributed by atoms with Crippen LogP contribution in [0.5, 0.6) is 0 Å². The van der Waals surface area contributed by atoms with E-state index in [0.29, 0.717) is 18.1 Å². The third kappa shape index (κ3) is 7.37. The fourth-order valence-corrected chi connectivity index (χ4v) is 1.45. The molecule has 0 fully saturated rings. The Labute approximate surface area is 95.0 Å². The van der Waals surface area contributed by atoms with Crippen LogP contribution < -0.4 is 5.32 Å². The van der Waals surface area contributed by atoms with E-state index in [1.165, 1.54) is 0 Å². The molecule has 0 aliphatic rings. The second kappa shape index (κ2) is 6.83. The first-order valence-corrected chi connectivity index (χ1v) is 5.84. The summed E-state index contributed by atoms with van der Waals surface area (Å²) in [6.07, 6.45) is 0. The van der Waals surface area contributed by atoms with E-state index in [-0.39, 0.29) is 0 Å². The summed E-state index contributed by atoms with van der Waals surface area (Å²) in [4.78, 5) is 6.92. The minimum Gasteiger partial charge on any atom is -0.372 e. The maximum Gasteiger partial charge on any atom is 0.0937 e. The average Bonchev–Trinajstić information content (AvgIpc) is 2.00. The summed E-state index contributed by atoms with van der Waals surface area (Å²) in [5.41, 5.74) is 0. The Bertz CT molecular complexity index is 197. The molecule has 0 rings (SSSR count). The molecule has 1 atom stereocenters. The number of likely N-dealkylation sites (N-methyl/N-ethyl adjacent to an activating group) is 1. The van der Waals surface area contributed by atoms with E-state index in [0.717, 1.165) is 12.4 Å². The Balaban J connectivity index is 4.05. The van der Waals surface area contributed by atoms with E-state index >= 15 is 0 Å². The van der Waals surface area contributed by atoms with Crippen molar-refractivity contribution in [2.75, 3.05) is 13.6 Å². The standard InChI is InChI=1S/C12H27N3/c1-9(2)13-12(6)14-11(5)8-15(7)10(3)4/h9-11H,8H2,1-7H3,(H,13,14). The highest BCUT2D eigenvalue weighted by Crippen LogP contribution is 1.99. The summed E-state index contributed by atoms with van der Waals surface area (Å²) in [5.74, 6) is 1.04. The lowest BCUT2D eigenvalue weighted by Gasteiger charge is -2.23. The zero-order chi connectivity index (χ0) is 12.0. The highest BCUT2D eigenvalue weighted by molar-refractivity contribution is 5.79. The van der Waals surface area contributed by atoms with Gasteiger partial charge in [-0.2, -0.15) is 0 Å². The topological polar surface area (TPSA) is 27.6 Å². The molecule has 1 N–H and O–H groups in total. The predicted molar refractivity (Wildman–Crippen MR) is 68.6 cm³/mol. The zero-order valence-corrected chi connectivity index (χ0v) is 11.3. The van der Waals surface area contributed by atoms with Crippen molar-refractivity contribution in [3.05, 3.63) is 0 Å². The smallest absolute Gasteiger partial charge is 0.0937 e. The minimum absolute atomic E-state index is 0.351. The average molecular weight is 213 g/mol. The van der Waals surface area contributed by atoms with Crippen LogP contribution >= 0.6 is 0 Å². The fourth-order valence-electron chi connectivity index (χ4n) is 1.45. The molecule has 3 heteroatoms. The van der Waals surface area contributed by atoms with Crippen molar-refractivity contribution in [1.29, 1.82) is 0 Å². The SMILES string of the molecule is CC(=NC(C)CN(C)C(C)C)NC(C)C. The van der Waals surface area contributed by atoms with Crippen LogP contribution in [0.15, 0.2) is 4.99 Å². The summed E-state index contributed by atoms with van der Waals surface area (Å²) in [6.45, 7) is 13.9. The van der Waals surface area contributed by atoms with Crippen LogP contribution in [0.4, 0.5) is 0 Å². The van der Waals surface area contributed by atoms with Gasteiger partial charge in [0.2, 0.25) is 0 Å². The maximum atomic E-state index is 4.60. The number of hydrogen-bond donors (Lipinski definition) is 1. The van der Waals surface area contributed by atoms with Gasteiger partial charge in [0.15, 0.2) is 0 Å². The molecule has 0 spiro atoms. The Morgan fingerprint density at radius 2 is 1.73 bits per heavy atom. The molecule has 0 aromatic carbocycles. The minimum atomic E-state index is 0.351. The van der Waals surface area contributed by atoms with Gasteiger partial charge in [-0.05, 0) is 48.6 Å². The van der Waals surface area contributed by atoms with Crippen molar-refractivity contribution in [2.24, 2.45) is 4.99 Å². The van der Waals surface area contributed by atoms with Gasteiger partial charge in [0.05, 0.1) is 11.9 Å². The fraction of sp³-hybridized carbons (Fsp3) is 0.917. The van der Waals surface area contributed by atoms with Crippen molar-refractivity contribution in [3.8, 4) is 0 Å². The molecule has 0 aliphatic carbocycles. The van der Waals surface area contributed by atoms with Gasteiger partial charge in [-0.15, -0.1) is 0 Å². The number of nitrogens with one attached hydrogen (secondary N) is 1. The van der Waals surface area contributed by atoms with Crippen molar-refractivity contribution in [3.63, 3.8) is 0 Å². The molecule has 1 unspecified atom stereocenters. The second-order valence-corrected chi connectivity index (χ2v) is 4.90. The van der Waals surface area contributed by atoms with Crippen molar-refractivity contribution < 1.29 is 0 Å². The summed E-state index contributed by atoms with van der Waals surface area (Å²) in [6, 6.07) is 1.40. The first-order chi connectivity index (χ1) is 6.82. The van der Waals surface area contributed by atoms with E-state index in [1.807, 2.05) is 6.92 Å². The number of hydrogen-bond acceptors (Lipinski definition) is 2. The third-order valence-corrected chi connectivity index (χ3v) is 2.35. The van der Waals surface area contributed by atoms with Crippen LogP contribution in [0, 0.1) is 0 Å². The summed E-state index contributed by atoms with van der Waals surface area (Å²) >= 11 is 0. The summed E-state index contributed by atoms with van der Waals surface area (Å²) in [5, 5.41) is 3.31. The molecule has 0 radical (unpaired) electrons. The van der Waals surface area contributed by atoms with Gasteiger partial charge < -0.3 is 10.2 Å². The highest BCUT2D eigenvalue weighted by Gasteiger charge is 2.08. The molecule has 3 nitrogen and oxygen atoms in total. The predicted octanol–water partition coefficient (Wildman–Crippen LogP) is 2.13. The second-order valence-electron chi connectivity index (χ2n) is 4.90. The summed E-state index contributed by atoms with van der Waals surface area (Å²) in [7, 11) is 2.14. The molecule has 0 saturated carbocycles. The van der Waals surface area contributed by atoms with Gasteiger partial charge >= 0.3 is 0 Å². The van der Waals surface area contributed by atoms with E-state index in [4.69, 9.17) is 0 Å². The lowest BCUT2D eigenvalue weighted by Crippen LogP contribution is -2.34. The van der Waals surface area contributed by atoms with E-state index in [9.17, 15) is 0 Å². The molecular weight excluding hydrogens is 186 g/mol. The number of amidine groups is 1. The largest absolute Gasteiger partial charge is 0.372 e. The monoisotopic (exact) mass is 213 g/mol. The van der Waals surface area contributed by atoms with Crippen LogP contribution in [0.25, 0.3) is 0 Å². The first-order valence-electron chi connectivity index (χ1n) is 5.84. The van der Waals surface area contributed by atoms with E-state index in [2.05, 4.69) is 56.9 Å². The van der Waals surface area contributed by atoms with Crippen LogP contribution in [0.3, 0.4) is 0 Å². The molecule has 0 bridgehead atoms. The van der Waals surface area contributed by atoms with E-state index in [1.54, 1.807) is 0 Å². The van der Waals surface area contributed by atoms with Crippen LogP contribution in [-0.2, 0) is 0 Å². The molecule has 0 aliphatic heterocycles. The van der Waals surface area contributed by atoms with Gasteiger partial charge in [-0.1, -0.05) is 0 Å². The normalized spacial score (nSPS) is 15.2. The molecule has 0 aromatic heterocycles. The molecule has 0 aromatic rings. The molecule has 0 saturated heterocycles. The molecule has 15 heavy (non-hydrogen) atoms. The number of aliphatic imine (C=N–C) groups is 1. The molecule has 90 valence electrons. The summed E-state index contributed by atoms with van der Waals surface area (Å²) < 4.78 is 0. The number of rotatable bonds is 5. The Morgan fingerprint density at radius 1 is 1.20 bits per heavy atom. The van der Waals surface area contributed by atoms with Crippen LogP contribution in [0.1, 0.15) is 41.5 Å². The van der Waals surface area contributed by atoms with Gasteiger partial charge in [0, 0.05) is 18.6 Å². The Morgan fingerprint density at radius 3 is 2.13 bits per heavy atom. The lowest BCUT2D eigenvalue weighted by atomic mass is 10.2. The van der Waals surface area contributed by atoms with Crippen molar-refractivity contribution in [2.45, 2.75) is 59.7 Å². The zero-order valence-electron chi connectivity index (χ0n) is 11.3. The maximum absolute atomic E-state index is 4.60. The number of nitrogens with zero attached hydrogens (tertiary/aromatic N) is 2. The Kier molecular flexibility index (Phi) is 6.57. The van der Waals surface area contributed by atoms with Crippen molar-refractivity contribution in [1.82, 2.24) is 10.2 Å². The van der Waals surface area contributed by atoms with Gasteiger partial charge in [-0.25, -0.2) is 0 Å². The molecule has 0 heterocycles. The van der Waals surface area contributed by atoms with E-state index < -0.39 is 0 Å².